The molecule has 1 rings (SSSR count). The molecule has 1 N–H and O–H groups in total. The second-order valence-electron chi connectivity index (χ2n) is 3.71. The molecular weight excluding hydrogens is 160 g/mol. The molecule has 2 heteroatoms. The average Bonchev–Trinajstić information content (AvgIpc) is 2.33. The molecule has 1 heterocycles. The molecule has 0 aromatic rings. The van der Waals surface area contributed by atoms with Gasteiger partial charge in [0.05, 0.1) is 5.84 Å². The third-order valence-electron chi connectivity index (χ3n) is 2.31. The molecule has 1 aliphatic heterocycles. The Balaban J connectivity index is 2.32. The first-order valence-corrected chi connectivity index (χ1v) is 5.23. The predicted molar refractivity (Wildman–Crippen MR) is 58.2 cm³/mol. The molecule has 0 bridgehead atoms. The van der Waals surface area contributed by atoms with Crippen LogP contribution in [0, 0.1) is 0 Å². The Bertz CT molecular complexity index is 185. The number of rotatable bonds is 3. The monoisotopic (exact) mass is 180 g/mol. The van der Waals surface area contributed by atoms with Crippen molar-refractivity contribution in [2.24, 2.45) is 4.99 Å². The fourth-order valence-electron chi connectivity index (χ4n) is 1.59. The molecule has 0 aromatic heterocycles. The van der Waals surface area contributed by atoms with Crippen LogP contribution in [0.1, 0.15) is 39.0 Å². The summed E-state index contributed by atoms with van der Waals surface area (Å²) < 4.78 is 0. The highest BCUT2D eigenvalue weighted by Crippen LogP contribution is 2.06. The van der Waals surface area contributed by atoms with Gasteiger partial charge in [-0.25, -0.2) is 0 Å². The summed E-state index contributed by atoms with van der Waals surface area (Å²) >= 11 is 0. The molecule has 1 atom stereocenters. The number of nitrogens with zero attached hydrogens (tertiary/aromatic N) is 1. The van der Waals surface area contributed by atoms with Gasteiger partial charge in [0.25, 0.3) is 0 Å². The van der Waals surface area contributed by atoms with Crippen LogP contribution >= 0.6 is 0 Å². The molecule has 0 saturated heterocycles. The minimum atomic E-state index is 0.481. The fraction of sp³-hybridized carbons (Fsp3) is 0.727. The summed E-state index contributed by atoms with van der Waals surface area (Å²) in [6.07, 6.45) is 7.95. The topological polar surface area (TPSA) is 24.4 Å². The van der Waals surface area contributed by atoms with E-state index in [1.165, 1.54) is 25.1 Å². The van der Waals surface area contributed by atoms with E-state index in [1.807, 2.05) is 6.08 Å². The summed E-state index contributed by atoms with van der Waals surface area (Å²) in [7, 11) is 0. The van der Waals surface area contributed by atoms with Crippen LogP contribution < -0.4 is 5.32 Å². The van der Waals surface area contributed by atoms with Crippen molar-refractivity contribution < 1.29 is 0 Å². The summed E-state index contributed by atoms with van der Waals surface area (Å²) in [5, 5.41) is 3.44. The minimum absolute atomic E-state index is 0.481. The van der Waals surface area contributed by atoms with Crippen molar-refractivity contribution >= 4 is 5.84 Å². The van der Waals surface area contributed by atoms with E-state index in [1.54, 1.807) is 0 Å². The lowest BCUT2D eigenvalue weighted by atomic mass is 10.2. The number of hydrogen-bond donors (Lipinski definition) is 1. The van der Waals surface area contributed by atoms with E-state index < -0.39 is 0 Å². The van der Waals surface area contributed by atoms with Gasteiger partial charge in [-0.3, -0.25) is 4.99 Å². The van der Waals surface area contributed by atoms with Crippen LogP contribution in [0.15, 0.2) is 17.6 Å². The maximum absolute atomic E-state index is 4.52. The maximum Gasteiger partial charge on any atom is 0.0965 e. The van der Waals surface area contributed by atoms with Crippen molar-refractivity contribution in [3.8, 4) is 0 Å². The Labute approximate surface area is 81.1 Å². The molecule has 1 aliphatic rings. The highest BCUT2D eigenvalue weighted by molar-refractivity contribution is 5.82. The van der Waals surface area contributed by atoms with Crippen LogP contribution in [0.5, 0.6) is 0 Å². The Hall–Kier alpha value is -0.790. The smallest absolute Gasteiger partial charge is 0.0965 e. The van der Waals surface area contributed by atoms with Crippen LogP contribution in [0.4, 0.5) is 0 Å². The van der Waals surface area contributed by atoms with Crippen molar-refractivity contribution in [3.05, 3.63) is 12.7 Å². The Kier molecular flexibility index (Phi) is 4.58. The fourth-order valence-corrected chi connectivity index (χ4v) is 1.59. The van der Waals surface area contributed by atoms with E-state index in [9.17, 15) is 0 Å². The van der Waals surface area contributed by atoms with Crippen LogP contribution in [0.2, 0.25) is 0 Å². The zero-order valence-electron chi connectivity index (χ0n) is 8.55. The van der Waals surface area contributed by atoms with Gasteiger partial charge in [-0.1, -0.05) is 12.5 Å². The first kappa shape index (κ1) is 10.3. The van der Waals surface area contributed by atoms with Crippen molar-refractivity contribution in [3.63, 3.8) is 0 Å². The van der Waals surface area contributed by atoms with E-state index in [2.05, 4.69) is 23.8 Å². The van der Waals surface area contributed by atoms with Crippen LogP contribution in [-0.4, -0.2) is 18.4 Å². The Morgan fingerprint density at radius 1 is 1.54 bits per heavy atom. The Morgan fingerprint density at radius 2 is 2.38 bits per heavy atom. The predicted octanol–water partition coefficient (Wildman–Crippen LogP) is 2.51. The second kappa shape index (κ2) is 5.79. The lowest BCUT2D eigenvalue weighted by Gasteiger charge is -2.14. The molecule has 1 unspecified atom stereocenters. The lowest BCUT2D eigenvalue weighted by molar-refractivity contribution is 0.660. The van der Waals surface area contributed by atoms with Crippen LogP contribution in [0.25, 0.3) is 0 Å². The van der Waals surface area contributed by atoms with Crippen molar-refractivity contribution in [2.75, 3.05) is 6.54 Å². The molecule has 2 nitrogen and oxygen atoms in total. The van der Waals surface area contributed by atoms with E-state index >= 15 is 0 Å². The first-order valence-electron chi connectivity index (χ1n) is 5.23. The van der Waals surface area contributed by atoms with Gasteiger partial charge in [-0.05, 0) is 26.2 Å². The third-order valence-corrected chi connectivity index (χ3v) is 2.31. The van der Waals surface area contributed by atoms with Crippen molar-refractivity contribution in [1.82, 2.24) is 5.32 Å². The Morgan fingerprint density at radius 3 is 3.15 bits per heavy atom. The van der Waals surface area contributed by atoms with Gasteiger partial charge >= 0.3 is 0 Å². The normalized spacial score (nSPS) is 19.9. The van der Waals surface area contributed by atoms with Gasteiger partial charge in [0.15, 0.2) is 0 Å². The molecule has 0 aromatic carbocycles. The van der Waals surface area contributed by atoms with Gasteiger partial charge in [0.2, 0.25) is 0 Å². The molecular formula is C11H20N2. The van der Waals surface area contributed by atoms with Crippen molar-refractivity contribution in [2.45, 2.75) is 45.1 Å². The third kappa shape index (κ3) is 4.11. The molecule has 0 fully saturated rings. The van der Waals surface area contributed by atoms with Gasteiger partial charge < -0.3 is 5.32 Å². The van der Waals surface area contributed by atoms with Gasteiger partial charge in [0, 0.05) is 19.0 Å². The van der Waals surface area contributed by atoms with E-state index in [0.29, 0.717) is 6.04 Å². The molecule has 74 valence electrons. The average molecular weight is 180 g/mol. The molecule has 0 radical (unpaired) electrons. The standard InChI is InChI=1S/C11H20N2/c1-3-7-10(2)13-11-8-5-4-6-9-12-11/h3,10H,1,4-9H2,2H3,(H,12,13). The summed E-state index contributed by atoms with van der Waals surface area (Å²) in [6.45, 7) is 6.91. The molecule has 0 aliphatic carbocycles. The van der Waals surface area contributed by atoms with Crippen LogP contribution in [-0.2, 0) is 0 Å². The van der Waals surface area contributed by atoms with E-state index in [-0.39, 0.29) is 0 Å². The largest absolute Gasteiger partial charge is 0.371 e. The SMILES string of the molecule is C=CCC(C)NC1=NCCCCC1. The summed E-state index contributed by atoms with van der Waals surface area (Å²) in [5.74, 6) is 1.20. The number of amidine groups is 1. The molecule has 0 spiro atoms. The number of hydrogen-bond acceptors (Lipinski definition) is 2. The van der Waals surface area contributed by atoms with Gasteiger partial charge in [-0.2, -0.15) is 0 Å². The van der Waals surface area contributed by atoms with Gasteiger partial charge in [0.1, 0.15) is 0 Å². The first-order chi connectivity index (χ1) is 6.33. The molecule has 0 saturated carbocycles. The van der Waals surface area contributed by atoms with Gasteiger partial charge in [-0.15, -0.1) is 6.58 Å². The van der Waals surface area contributed by atoms with E-state index in [4.69, 9.17) is 0 Å². The summed E-state index contributed by atoms with van der Waals surface area (Å²) in [6, 6.07) is 0.481. The highest BCUT2D eigenvalue weighted by atomic mass is 15.0. The zero-order chi connectivity index (χ0) is 9.52. The lowest BCUT2D eigenvalue weighted by Crippen LogP contribution is -2.32. The quantitative estimate of drug-likeness (QED) is 0.663. The van der Waals surface area contributed by atoms with Crippen molar-refractivity contribution in [1.29, 1.82) is 0 Å². The van der Waals surface area contributed by atoms with E-state index in [0.717, 1.165) is 19.4 Å². The highest BCUT2D eigenvalue weighted by Gasteiger charge is 2.06. The molecule has 13 heavy (non-hydrogen) atoms. The number of nitrogens with one attached hydrogen (secondary N) is 1. The number of aliphatic imine (C=N–C) groups is 1. The van der Waals surface area contributed by atoms with Crippen LogP contribution in [0.3, 0.4) is 0 Å². The molecule has 0 amide bonds. The second-order valence-corrected chi connectivity index (χ2v) is 3.71. The summed E-state index contributed by atoms with van der Waals surface area (Å²) in [5.41, 5.74) is 0. The summed E-state index contributed by atoms with van der Waals surface area (Å²) in [4.78, 5) is 4.52. The zero-order valence-corrected chi connectivity index (χ0v) is 8.55. The minimum Gasteiger partial charge on any atom is -0.371 e. The maximum atomic E-state index is 4.52.